The molecule has 2 aliphatic rings. The molecule has 1 aliphatic heterocycles. The second-order valence-corrected chi connectivity index (χ2v) is 9.27. The van der Waals surface area contributed by atoms with E-state index in [-0.39, 0.29) is 16.6 Å². The lowest BCUT2D eigenvalue weighted by Crippen LogP contribution is -2.36. The molecule has 0 atom stereocenters. The van der Waals surface area contributed by atoms with E-state index in [0.717, 1.165) is 31.4 Å². The quantitative estimate of drug-likeness (QED) is 0.348. The summed E-state index contributed by atoms with van der Waals surface area (Å²) in [4.78, 5) is 30.1. The van der Waals surface area contributed by atoms with Crippen molar-refractivity contribution in [2.24, 2.45) is 0 Å². The third-order valence-electron chi connectivity index (χ3n) is 6.72. The van der Waals surface area contributed by atoms with Crippen LogP contribution in [0, 0.1) is 17.0 Å². The summed E-state index contributed by atoms with van der Waals surface area (Å²) >= 11 is 6.21. The number of fused-ring (bicyclic) bond motifs is 2. The Balaban J connectivity index is 1.46. The van der Waals surface area contributed by atoms with Crippen molar-refractivity contribution in [1.29, 1.82) is 0 Å². The fourth-order valence-corrected chi connectivity index (χ4v) is 5.24. The maximum absolute atomic E-state index is 13.1. The summed E-state index contributed by atoms with van der Waals surface area (Å²) in [6, 6.07) is 14.8. The number of likely N-dealkylation sites (tertiary alicyclic amines) is 1. The van der Waals surface area contributed by atoms with Gasteiger partial charge in [0.1, 0.15) is 0 Å². The van der Waals surface area contributed by atoms with Crippen LogP contribution in [0.1, 0.15) is 51.1 Å². The number of nitro benzene ring substituents is 1. The summed E-state index contributed by atoms with van der Waals surface area (Å²) in [5, 5.41) is 11.1. The zero-order chi connectivity index (χ0) is 23.8. The van der Waals surface area contributed by atoms with Gasteiger partial charge in [0.25, 0.3) is 11.6 Å². The molecular formula is C27H24ClN3O3. The standard InChI is InChI=1S/C27H24ClN3O3/c1-17-4-8-22-20(15-17)6-5-19-3-2-12-29-26(19)25(22)18-10-13-30(14-11-18)27(32)23-9-7-21(31(33)34)16-24(23)28/h2-4,7-9,12,15-16H,5-6,10-11,13-14H2,1H3. The lowest BCUT2D eigenvalue weighted by molar-refractivity contribution is -0.384. The third kappa shape index (κ3) is 4.10. The Kier molecular flexibility index (Phi) is 5.92. The molecule has 5 rings (SSSR count). The molecule has 172 valence electrons. The predicted molar refractivity (Wildman–Crippen MR) is 132 cm³/mol. The van der Waals surface area contributed by atoms with E-state index in [1.807, 2.05) is 12.3 Å². The first-order valence-electron chi connectivity index (χ1n) is 11.4. The van der Waals surface area contributed by atoms with E-state index >= 15 is 0 Å². The average Bonchev–Trinajstić information content (AvgIpc) is 3.00. The van der Waals surface area contributed by atoms with Crippen molar-refractivity contribution in [3.8, 4) is 0 Å². The van der Waals surface area contributed by atoms with Gasteiger partial charge in [0, 0.05) is 37.0 Å². The summed E-state index contributed by atoms with van der Waals surface area (Å²) in [7, 11) is 0. The van der Waals surface area contributed by atoms with E-state index in [1.54, 1.807) is 4.90 Å². The highest BCUT2D eigenvalue weighted by Crippen LogP contribution is 2.38. The molecule has 7 heteroatoms. The van der Waals surface area contributed by atoms with Crippen LogP contribution in [-0.4, -0.2) is 33.8 Å². The first-order valence-corrected chi connectivity index (χ1v) is 11.8. The van der Waals surface area contributed by atoms with Gasteiger partial charge in [-0.15, -0.1) is 0 Å². The number of non-ortho nitro benzene ring substituents is 1. The molecule has 1 aliphatic carbocycles. The van der Waals surface area contributed by atoms with E-state index in [9.17, 15) is 14.9 Å². The van der Waals surface area contributed by atoms with Gasteiger partial charge in [-0.3, -0.25) is 19.9 Å². The molecular weight excluding hydrogens is 450 g/mol. The predicted octanol–water partition coefficient (Wildman–Crippen LogP) is 5.79. The fraction of sp³-hybridized carbons (Fsp3) is 0.259. The van der Waals surface area contributed by atoms with Crippen molar-refractivity contribution in [2.75, 3.05) is 13.1 Å². The number of hydrogen-bond acceptors (Lipinski definition) is 4. The minimum absolute atomic E-state index is 0.106. The fourth-order valence-electron chi connectivity index (χ4n) is 4.98. The molecule has 1 aromatic heterocycles. The van der Waals surface area contributed by atoms with Crippen LogP contribution >= 0.6 is 11.6 Å². The van der Waals surface area contributed by atoms with Crippen molar-refractivity contribution >= 4 is 28.8 Å². The smallest absolute Gasteiger partial charge is 0.270 e. The number of pyridine rings is 1. The van der Waals surface area contributed by atoms with Gasteiger partial charge in [-0.2, -0.15) is 0 Å². The van der Waals surface area contributed by atoms with Gasteiger partial charge in [0.15, 0.2) is 0 Å². The van der Waals surface area contributed by atoms with E-state index in [1.165, 1.54) is 51.6 Å². The van der Waals surface area contributed by atoms with Gasteiger partial charge in [-0.25, -0.2) is 0 Å². The number of aromatic nitrogens is 1. The van der Waals surface area contributed by atoms with Crippen molar-refractivity contribution in [3.05, 3.63) is 109 Å². The number of nitro groups is 1. The zero-order valence-electron chi connectivity index (χ0n) is 18.9. The number of carbonyl (C=O) groups excluding carboxylic acids is 1. The molecule has 3 aromatic rings. The van der Waals surface area contributed by atoms with E-state index < -0.39 is 4.92 Å². The van der Waals surface area contributed by atoms with Crippen LogP contribution in [0.25, 0.3) is 5.57 Å². The summed E-state index contributed by atoms with van der Waals surface area (Å²) in [6.07, 6.45) is 5.28. The maximum Gasteiger partial charge on any atom is 0.270 e. The lowest BCUT2D eigenvalue weighted by atomic mass is 9.88. The molecule has 1 saturated heterocycles. The molecule has 6 nitrogen and oxygen atoms in total. The summed E-state index contributed by atoms with van der Waals surface area (Å²) in [5.41, 5.74) is 8.85. The second-order valence-electron chi connectivity index (χ2n) is 8.86. The van der Waals surface area contributed by atoms with Gasteiger partial charge in [0.2, 0.25) is 0 Å². The molecule has 0 N–H and O–H groups in total. The molecule has 0 saturated carbocycles. The Morgan fingerprint density at radius 1 is 1.03 bits per heavy atom. The average molecular weight is 474 g/mol. The Morgan fingerprint density at radius 2 is 1.79 bits per heavy atom. The number of nitrogens with zero attached hydrogens (tertiary/aromatic N) is 3. The molecule has 2 heterocycles. The molecule has 0 spiro atoms. The first-order chi connectivity index (χ1) is 16.4. The van der Waals surface area contributed by atoms with Crippen LogP contribution in [0.3, 0.4) is 0 Å². The molecule has 0 bridgehead atoms. The van der Waals surface area contributed by atoms with Crippen LogP contribution in [0.4, 0.5) is 5.69 Å². The topological polar surface area (TPSA) is 76.3 Å². The van der Waals surface area contributed by atoms with Crippen LogP contribution in [-0.2, 0) is 12.8 Å². The minimum Gasteiger partial charge on any atom is -0.338 e. The van der Waals surface area contributed by atoms with E-state index in [4.69, 9.17) is 16.6 Å². The number of benzene rings is 2. The number of piperidine rings is 1. The minimum atomic E-state index is -0.516. The number of aryl methyl sites for hydroxylation is 3. The highest BCUT2D eigenvalue weighted by atomic mass is 35.5. The van der Waals surface area contributed by atoms with Crippen molar-refractivity contribution < 1.29 is 9.72 Å². The number of hydrogen-bond donors (Lipinski definition) is 0. The van der Waals surface area contributed by atoms with Crippen LogP contribution in [0.2, 0.25) is 5.02 Å². The van der Waals surface area contributed by atoms with E-state index in [0.29, 0.717) is 18.7 Å². The largest absolute Gasteiger partial charge is 0.338 e. The van der Waals surface area contributed by atoms with Crippen LogP contribution in [0.15, 0.2) is 60.3 Å². The van der Waals surface area contributed by atoms with Crippen molar-refractivity contribution in [2.45, 2.75) is 32.6 Å². The van der Waals surface area contributed by atoms with Crippen LogP contribution in [0.5, 0.6) is 0 Å². The maximum atomic E-state index is 13.1. The number of amides is 1. The van der Waals surface area contributed by atoms with Gasteiger partial charge in [-0.05, 0) is 61.4 Å². The molecule has 1 fully saturated rings. The summed E-state index contributed by atoms with van der Waals surface area (Å²) in [6.45, 7) is 3.25. The van der Waals surface area contributed by atoms with E-state index in [2.05, 4.69) is 31.2 Å². The Labute approximate surface area is 203 Å². The SMILES string of the molecule is Cc1ccc2c(c1)CCc1cccnc1C2=C1CCN(C(=O)c2ccc([N+](=O)[O-])cc2Cl)CC1. The normalized spacial score (nSPS) is 15.4. The lowest BCUT2D eigenvalue weighted by Gasteiger charge is -2.30. The van der Waals surface area contributed by atoms with Gasteiger partial charge in [0.05, 0.1) is 21.2 Å². The Hall–Kier alpha value is -3.51. The summed E-state index contributed by atoms with van der Waals surface area (Å²) < 4.78 is 0. The second kappa shape index (κ2) is 9.03. The summed E-state index contributed by atoms with van der Waals surface area (Å²) in [5.74, 6) is -0.195. The molecule has 34 heavy (non-hydrogen) atoms. The third-order valence-corrected chi connectivity index (χ3v) is 7.04. The van der Waals surface area contributed by atoms with Gasteiger partial charge < -0.3 is 4.90 Å². The Morgan fingerprint density at radius 3 is 2.53 bits per heavy atom. The molecule has 0 unspecified atom stereocenters. The van der Waals surface area contributed by atoms with Gasteiger partial charge in [-0.1, -0.05) is 47.0 Å². The van der Waals surface area contributed by atoms with Gasteiger partial charge >= 0.3 is 0 Å². The number of rotatable bonds is 2. The van der Waals surface area contributed by atoms with Crippen molar-refractivity contribution in [3.63, 3.8) is 0 Å². The van der Waals surface area contributed by atoms with Crippen LogP contribution < -0.4 is 0 Å². The zero-order valence-corrected chi connectivity index (χ0v) is 19.6. The highest BCUT2D eigenvalue weighted by Gasteiger charge is 2.28. The molecule has 1 amide bonds. The number of halogens is 1. The molecule has 2 aromatic carbocycles. The Bertz CT molecular complexity index is 1340. The number of carbonyl (C=O) groups is 1. The molecule has 0 radical (unpaired) electrons. The van der Waals surface area contributed by atoms with Crippen molar-refractivity contribution in [1.82, 2.24) is 9.88 Å². The highest BCUT2D eigenvalue weighted by molar-refractivity contribution is 6.34. The first kappa shape index (κ1) is 22.3. The monoisotopic (exact) mass is 473 g/mol.